The van der Waals surface area contributed by atoms with E-state index in [0.717, 1.165) is 11.1 Å². The molecule has 0 aliphatic heterocycles. The predicted octanol–water partition coefficient (Wildman–Crippen LogP) is 1.24. The molecule has 27 heavy (non-hydrogen) atoms. The number of nitrogens with one attached hydrogen (secondary N) is 1. The zero-order valence-corrected chi connectivity index (χ0v) is 15.3. The van der Waals surface area contributed by atoms with Crippen LogP contribution in [-0.2, 0) is 11.3 Å². The fourth-order valence-electron chi connectivity index (χ4n) is 2.64. The molecule has 3 rings (SSSR count). The van der Waals surface area contributed by atoms with Crippen molar-refractivity contribution in [3.05, 3.63) is 70.3 Å². The minimum Gasteiger partial charge on any atom is -0.484 e. The fourth-order valence-corrected chi connectivity index (χ4v) is 2.64. The van der Waals surface area contributed by atoms with E-state index in [2.05, 4.69) is 15.5 Å². The normalized spacial score (nSPS) is 10.6. The largest absolute Gasteiger partial charge is 0.484 e. The molecule has 1 aromatic carbocycles. The highest BCUT2D eigenvalue weighted by molar-refractivity contribution is 5.77. The van der Waals surface area contributed by atoms with Crippen molar-refractivity contribution >= 4 is 5.91 Å². The summed E-state index contributed by atoms with van der Waals surface area (Å²) in [5.74, 6) is 0.932. The Bertz CT molecular complexity index is 959. The number of aryl methyl sites for hydroxylation is 2. The molecule has 8 heteroatoms. The van der Waals surface area contributed by atoms with Gasteiger partial charge in [0.15, 0.2) is 12.4 Å². The number of amides is 1. The third-order valence-electron chi connectivity index (χ3n) is 3.80. The minimum atomic E-state index is -0.259. The summed E-state index contributed by atoms with van der Waals surface area (Å²) in [5.41, 5.74) is 1.91. The molecule has 0 saturated carbocycles. The molecule has 0 radical (unpaired) electrons. The van der Waals surface area contributed by atoms with Crippen molar-refractivity contribution in [3.8, 4) is 11.6 Å². The van der Waals surface area contributed by atoms with Gasteiger partial charge in [-0.1, -0.05) is 6.07 Å². The van der Waals surface area contributed by atoms with Gasteiger partial charge in [0.2, 0.25) is 0 Å². The van der Waals surface area contributed by atoms with E-state index in [1.165, 1.54) is 10.7 Å². The average molecular weight is 367 g/mol. The Morgan fingerprint density at radius 3 is 2.67 bits per heavy atom. The lowest BCUT2D eigenvalue weighted by molar-refractivity contribution is -0.123. The number of hydrogen-bond donors (Lipinski definition) is 1. The highest BCUT2D eigenvalue weighted by Crippen LogP contribution is 2.15. The zero-order valence-electron chi connectivity index (χ0n) is 15.3. The molecule has 2 heterocycles. The van der Waals surface area contributed by atoms with Crippen molar-refractivity contribution < 1.29 is 9.53 Å². The van der Waals surface area contributed by atoms with Gasteiger partial charge in [-0.2, -0.15) is 5.10 Å². The van der Waals surface area contributed by atoms with Gasteiger partial charge in [0.1, 0.15) is 5.75 Å². The molecule has 1 amide bonds. The van der Waals surface area contributed by atoms with Crippen LogP contribution in [0.25, 0.3) is 5.82 Å². The molecular formula is C19H21N5O3. The van der Waals surface area contributed by atoms with Gasteiger partial charge in [-0.15, -0.1) is 5.10 Å². The minimum absolute atomic E-state index is 0.0848. The van der Waals surface area contributed by atoms with E-state index in [1.54, 1.807) is 29.2 Å². The Labute approximate surface area is 156 Å². The lowest BCUT2D eigenvalue weighted by Crippen LogP contribution is -2.34. The zero-order chi connectivity index (χ0) is 19.2. The van der Waals surface area contributed by atoms with Gasteiger partial charge in [-0.3, -0.25) is 9.59 Å². The molecule has 3 aromatic rings. The van der Waals surface area contributed by atoms with E-state index in [-0.39, 0.29) is 31.2 Å². The van der Waals surface area contributed by atoms with E-state index in [1.807, 2.05) is 32.0 Å². The first-order valence-corrected chi connectivity index (χ1v) is 8.57. The molecule has 1 N–H and O–H groups in total. The lowest BCUT2D eigenvalue weighted by Gasteiger charge is -2.10. The summed E-state index contributed by atoms with van der Waals surface area (Å²) in [5, 5.41) is 11.1. The smallest absolute Gasteiger partial charge is 0.266 e. The van der Waals surface area contributed by atoms with E-state index >= 15 is 0 Å². The van der Waals surface area contributed by atoms with Gasteiger partial charge in [0, 0.05) is 25.0 Å². The van der Waals surface area contributed by atoms with Crippen LogP contribution in [0.15, 0.2) is 53.6 Å². The molecule has 0 spiro atoms. The maximum atomic E-state index is 12.0. The Hall–Kier alpha value is -3.42. The standard InChI is InChI=1S/C19H21N5O3/c1-14-10-15(2)12-16(11-14)27-13-18(25)20-7-9-24-19(26)5-4-17(22-24)23-8-3-6-21-23/h3-6,8,10-12H,7,9,13H2,1-2H3,(H,20,25). The summed E-state index contributed by atoms with van der Waals surface area (Å²) in [4.78, 5) is 23.9. The van der Waals surface area contributed by atoms with Crippen LogP contribution in [0.2, 0.25) is 0 Å². The maximum absolute atomic E-state index is 12.0. The molecule has 0 aliphatic carbocycles. The molecular weight excluding hydrogens is 346 g/mol. The molecule has 2 aromatic heterocycles. The number of hydrogen-bond acceptors (Lipinski definition) is 5. The van der Waals surface area contributed by atoms with Gasteiger partial charge >= 0.3 is 0 Å². The van der Waals surface area contributed by atoms with Gasteiger partial charge in [-0.25, -0.2) is 9.36 Å². The molecule has 0 aliphatic rings. The lowest BCUT2D eigenvalue weighted by atomic mass is 10.1. The van der Waals surface area contributed by atoms with Gasteiger partial charge in [-0.05, 0) is 49.2 Å². The number of benzene rings is 1. The van der Waals surface area contributed by atoms with E-state index in [4.69, 9.17) is 4.74 Å². The maximum Gasteiger partial charge on any atom is 0.266 e. The SMILES string of the molecule is Cc1cc(C)cc(OCC(=O)NCCn2nc(-n3cccn3)ccc2=O)c1. The van der Waals surface area contributed by atoms with Crippen LogP contribution in [0.4, 0.5) is 0 Å². The van der Waals surface area contributed by atoms with Gasteiger partial charge < -0.3 is 10.1 Å². The number of carbonyl (C=O) groups is 1. The van der Waals surface area contributed by atoms with Crippen molar-refractivity contribution in [2.75, 3.05) is 13.2 Å². The van der Waals surface area contributed by atoms with Crippen molar-refractivity contribution in [2.24, 2.45) is 0 Å². The van der Waals surface area contributed by atoms with Crippen molar-refractivity contribution in [2.45, 2.75) is 20.4 Å². The summed E-state index contributed by atoms with van der Waals surface area (Å²) in [6.07, 6.45) is 3.37. The van der Waals surface area contributed by atoms with E-state index < -0.39 is 0 Å². The topological polar surface area (TPSA) is 91.0 Å². The molecule has 0 fully saturated rings. The molecule has 0 bridgehead atoms. The highest BCUT2D eigenvalue weighted by Gasteiger charge is 2.06. The van der Waals surface area contributed by atoms with Crippen LogP contribution < -0.4 is 15.6 Å². The van der Waals surface area contributed by atoms with Crippen LogP contribution in [0.1, 0.15) is 11.1 Å². The summed E-state index contributed by atoms with van der Waals surface area (Å²) in [7, 11) is 0. The monoisotopic (exact) mass is 367 g/mol. The molecule has 140 valence electrons. The second-order valence-electron chi connectivity index (χ2n) is 6.17. The fraction of sp³-hybridized carbons (Fsp3) is 0.263. The highest BCUT2D eigenvalue weighted by atomic mass is 16.5. The van der Waals surface area contributed by atoms with Crippen molar-refractivity contribution in [1.82, 2.24) is 24.9 Å². The van der Waals surface area contributed by atoms with Crippen LogP contribution in [-0.4, -0.2) is 38.6 Å². The number of aromatic nitrogens is 4. The molecule has 0 atom stereocenters. The van der Waals surface area contributed by atoms with Crippen LogP contribution >= 0.6 is 0 Å². The molecule has 8 nitrogen and oxygen atoms in total. The number of nitrogens with zero attached hydrogens (tertiary/aromatic N) is 4. The summed E-state index contributed by atoms with van der Waals surface area (Å²) >= 11 is 0. The second-order valence-corrected chi connectivity index (χ2v) is 6.17. The summed E-state index contributed by atoms with van der Waals surface area (Å²) < 4.78 is 8.37. The van der Waals surface area contributed by atoms with E-state index in [9.17, 15) is 9.59 Å². The third-order valence-corrected chi connectivity index (χ3v) is 3.80. The molecule has 0 saturated heterocycles. The first-order chi connectivity index (χ1) is 13.0. The van der Waals surface area contributed by atoms with E-state index in [0.29, 0.717) is 11.6 Å². The van der Waals surface area contributed by atoms with Crippen LogP contribution in [0, 0.1) is 13.8 Å². The number of rotatable bonds is 7. The van der Waals surface area contributed by atoms with Gasteiger partial charge in [0.05, 0.1) is 6.54 Å². The van der Waals surface area contributed by atoms with Crippen LogP contribution in [0.3, 0.4) is 0 Å². The number of carbonyl (C=O) groups excluding carboxylic acids is 1. The predicted molar refractivity (Wildman–Crippen MR) is 100 cm³/mol. The Balaban J connectivity index is 1.51. The van der Waals surface area contributed by atoms with Crippen molar-refractivity contribution in [1.29, 1.82) is 0 Å². The second kappa shape index (κ2) is 8.31. The number of ether oxygens (including phenoxy) is 1. The summed E-state index contributed by atoms with van der Waals surface area (Å²) in [6.45, 7) is 4.39. The first kappa shape index (κ1) is 18.4. The quantitative estimate of drug-likeness (QED) is 0.678. The summed E-state index contributed by atoms with van der Waals surface area (Å²) in [6, 6.07) is 10.6. The Kier molecular flexibility index (Phi) is 5.65. The Morgan fingerprint density at radius 1 is 1.19 bits per heavy atom. The van der Waals surface area contributed by atoms with Crippen molar-refractivity contribution in [3.63, 3.8) is 0 Å². The third kappa shape index (κ3) is 5.04. The Morgan fingerprint density at radius 2 is 1.96 bits per heavy atom. The first-order valence-electron chi connectivity index (χ1n) is 8.57. The molecule has 0 unspecified atom stereocenters. The van der Waals surface area contributed by atoms with Gasteiger partial charge in [0.25, 0.3) is 11.5 Å². The average Bonchev–Trinajstić information content (AvgIpc) is 3.15. The van der Waals surface area contributed by atoms with Crippen LogP contribution in [0.5, 0.6) is 5.75 Å².